The lowest BCUT2D eigenvalue weighted by Crippen LogP contribution is -2.21. The highest BCUT2D eigenvalue weighted by molar-refractivity contribution is 6.03. The summed E-state index contributed by atoms with van der Waals surface area (Å²) in [6, 6.07) is 9.54. The van der Waals surface area contributed by atoms with E-state index in [-0.39, 0.29) is 11.7 Å². The van der Waals surface area contributed by atoms with Crippen LogP contribution in [-0.2, 0) is 6.42 Å². The van der Waals surface area contributed by atoms with Gasteiger partial charge in [-0.2, -0.15) is 0 Å². The molecule has 1 aromatic carbocycles. The monoisotopic (exact) mass is 253 g/mol. The fourth-order valence-electron chi connectivity index (χ4n) is 2.77. The minimum Gasteiger partial charge on any atom is -0.496 e. The van der Waals surface area contributed by atoms with Gasteiger partial charge in [0.15, 0.2) is 5.78 Å². The van der Waals surface area contributed by atoms with Crippen molar-refractivity contribution in [2.24, 2.45) is 0 Å². The summed E-state index contributed by atoms with van der Waals surface area (Å²) in [5, 5.41) is 0. The van der Waals surface area contributed by atoms with Crippen LogP contribution in [-0.4, -0.2) is 17.9 Å². The number of hydrogen-bond acceptors (Lipinski definition) is 3. The minimum absolute atomic E-state index is 0.0531. The summed E-state index contributed by atoms with van der Waals surface area (Å²) in [6.07, 6.45) is 5.18. The number of carbonyl (C=O) groups excluding carboxylic acids is 1. The lowest BCUT2D eigenvalue weighted by atomic mass is 9.79. The molecule has 0 aliphatic heterocycles. The molecule has 3 heteroatoms. The van der Waals surface area contributed by atoms with Gasteiger partial charge in [-0.05, 0) is 36.6 Å². The summed E-state index contributed by atoms with van der Waals surface area (Å²) in [7, 11) is 1.65. The standard InChI is InChI=1S/C16H15NO2/c1-19-15-4-2-3-14-13(15)6-5-12(16(14)18)11-7-9-17-10-8-11/h2-4,7-10,12H,5-6H2,1H3. The first-order valence-corrected chi connectivity index (χ1v) is 6.41. The van der Waals surface area contributed by atoms with Gasteiger partial charge < -0.3 is 4.74 Å². The number of rotatable bonds is 2. The van der Waals surface area contributed by atoms with Crippen LogP contribution in [0.3, 0.4) is 0 Å². The molecule has 3 rings (SSSR count). The zero-order valence-corrected chi connectivity index (χ0v) is 10.8. The summed E-state index contributed by atoms with van der Waals surface area (Å²) >= 11 is 0. The van der Waals surface area contributed by atoms with Gasteiger partial charge >= 0.3 is 0 Å². The highest BCUT2D eigenvalue weighted by Gasteiger charge is 2.30. The van der Waals surface area contributed by atoms with E-state index in [1.54, 1.807) is 19.5 Å². The molecule has 1 unspecified atom stereocenters. The van der Waals surface area contributed by atoms with E-state index in [0.29, 0.717) is 0 Å². The summed E-state index contributed by atoms with van der Waals surface area (Å²) in [4.78, 5) is 16.6. The number of fused-ring (bicyclic) bond motifs is 1. The van der Waals surface area contributed by atoms with Crippen LogP contribution in [0.1, 0.15) is 33.8 Å². The maximum Gasteiger partial charge on any atom is 0.170 e. The molecule has 0 fully saturated rings. The Morgan fingerprint density at radius 1 is 1.21 bits per heavy atom. The molecule has 3 nitrogen and oxygen atoms in total. The number of ketones is 1. The number of methoxy groups -OCH3 is 1. The smallest absolute Gasteiger partial charge is 0.170 e. The van der Waals surface area contributed by atoms with Gasteiger partial charge in [-0.25, -0.2) is 0 Å². The molecular formula is C16H15NO2. The Kier molecular flexibility index (Phi) is 3.03. The van der Waals surface area contributed by atoms with E-state index in [1.165, 1.54) is 0 Å². The Hall–Kier alpha value is -2.16. The van der Waals surface area contributed by atoms with Crippen LogP contribution in [0.15, 0.2) is 42.7 Å². The first kappa shape index (κ1) is 11.9. The number of pyridine rings is 1. The molecule has 1 heterocycles. The number of Topliss-reactive ketones (excluding diaryl/α,β-unsaturated/α-hetero) is 1. The van der Waals surface area contributed by atoms with E-state index in [0.717, 1.165) is 35.3 Å². The Morgan fingerprint density at radius 3 is 2.74 bits per heavy atom. The van der Waals surface area contributed by atoms with Crippen LogP contribution in [0.25, 0.3) is 0 Å². The molecule has 0 bridgehead atoms. The molecule has 1 aromatic heterocycles. The Labute approximate surface area is 112 Å². The molecule has 1 aliphatic rings. The van der Waals surface area contributed by atoms with Gasteiger partial charge in [0.1, 0.15) is 5.75 Å². The van der Waals surface area contributed by atoms with Crippen LogP contribution < -0.4 is 4.74 Å². The average Bonchev–Trinajstić information content (AvgIpc) is 2.48. The first-order valence-electron chi connectivity index (χ1n) is 6.41. The molecule has 1 atom stereocenters. The van der Waals surface area contributed by atoms with Crippen molar-refractivity contribution in [1.82, 2.24) is 4.98 Å². The predicted octanol–water partition coefficient (Wildman–Crippen LogP) is 3.00. The van der Waals surface area contributed by atoms with E-state index in [2.05, 4.69) is 4.98 Å². The third-order valence-electron chi connectivity index (χ3n) is 3.73. The van der Waals surface area contributed by atoms with Gasteiger partial charge in [-0.3, -0.25) is 9.78 Å². The molecule has 0 radical (unpaired) electrons. The van der Waals surface area contributed by atoms with Crippen LogP contribution in [0.4, 0.5) is 0 Å². The summed E-state index contributed by atoms with van der Waals surface area (Å²) in [5.74, 6) is 0.952. The van der Waals surface area contributed by atoms with Gasteiger partial charge in [-0.15, -0.1) is 0 Å². The fraction of sp³-hybridized carbons (Fsp3) is 0.250. The van der Waals surface area contributed by atoms with Gasteiger partial charge in [0.05, 0.1) is 7.11 Å². The normalized spacial score (nSPS) is 17.9. The minimum atomic E-state index is -0.0531. The van der Waals surface area contributed by atoms with E-state index < -0.39 is 0 Å². The second kappa shape index (κ2) is 4.84. The van der Waals surface area contributed by atoms with Gasteiger partial charge in [-0.1, -0.05) is 12.1 Å². The second-order valence-electron chi connectivity index (χ2n) is 4.72. The third-order valence-corrected chi connectivity index (χ3v) is 3.73. The van der Waals surface area contributed by atoms with E-state index in [9.17, 15) is 4.79 Å². The summed E-state index contributed by atoms with van der Waals surface area (Å²) < 4.78 is 5.34. The van der Waals surface area contributed by atoms with Crippen LogP contribution in [0.2, 0.25) is 0 Å². The zero-order chi connectivity index (χ0) is 13.2. The predicted molar refractivity (Wildman–Crippen MR) is 72.6 cm³/mol. The lowest BCUT2D eigenvalue weighted by molar-refractivity contribution is 0.0945. The van der Waals surface area contributed by atoms with Crippen LogP contribution in [0.5, 0.6) is 5.75 Å². The molecule has 1 aliphatic carbocycles. The number of ether oxygens (including phenoxy) is 1. The number of benzene rings is 1. The van der Waals surface area contributed by atoms with Gasteiger partial charge in [0.25, 0.3) is 0 Å². The van der Waals surface area contributed by atoms with Crippen molar-refractivity contribution < 1.29 is 9.53 Å². The molecule has 0 saturated carbocycles. The largest absolute Gasteiger partial charge is 0.496 e. The van der Waals surface area contributed by atoms with Crippen LogP contribution in [0, 0.1) is 0 Å². The number of aromatic nitrogens is 1. The average molecular weight is 253 g/mol. The lowest BCUT2D eigenvalue weighted by Gasteiger charge is -2.24. The number of hydrogen-bond donors (Lipinski definition) is 0. The summed E-state index contributed by atoms with van der Waals surface area (Å²) in [6.45, 7) is 0. The quantitative estimate of drug-likeness (QED) is 0.826. The van der Waals surface area contributed by atoms with Crippen molar-refractivity contribution in [3.63, 3.8) is 0 Å². The Morgan fingerprint density at radius 2 is 2.00 bits per heavy atom. The van der Waals surface area contributed by atoms with Gasteiger partial charge in [0.2, 0.25) is 0 Å². The van der Waals surface area contributed by atoms with Crippen molar-refractivity contribution >= 4 is 5.78 Å². The van der Waals surface area contributed by atoms with Crippen LogP contribution >= 0.6 is 0 Å². The van der Waals surface area contributed by atoms with Crippen molar-refractivity contribution in [2.45, 2.75) is 18.8 Å². The van der Waals surface area contributed by atoms with Crippen molar-refractivity contribution in [3.8, 4) is 5.75 Å². The van der Waals surface area contributed by atoms with Crippen molar-refractivity contribution in [3.05, 3.63) is 59.4 Å². The highest BCUT2D eigenvalue weighted by Crippen LogP contribution is 2.36. The van der Waals surface area contributed by atoms with E-state index in [4.69, 9.17) is 4.74 Å². The zero-order valence-electron chi connectivity index (χ0n) is 10.8. The molecule has 0 spiro atoms. The highest BCUT2D eigenvalue weighted by atomic mass is 16.5. The molecular weight excluding hydrogens is 238 g/mol. The molecule has 0 amide bonds. The third kappa shape index (κ3) is 2.01. The molecule has 0 saturated heterocycles. The number of nitrogens with zero attached hydrogens (tertiary/aromatic N) is 1. The topological polar surface area (TPSA) is 39.2 Å². The molecule has 2 aromatic rings. The van der Waals surface area contributed by atoms with E-state index in [1.807, 2.05) is 30.3 Å². The fourth-order valence-corrected chi connectivity index (χ4v) is 2.77. The maximum atomic E-state index is 12.6. The number of carbonyl (C=O) groups is 1. The van der Waals surface area contributed by atoms with Gasteiger partial charge in [0, 0.05) is 29.4 Å². The Bertz CT molecular complexity index is 607. The SMILES string of the molecule is COc1cccc2c1CCC(c1ccncc1)C2=O. The van der Waals surface area contributed by atoms with Crippen molar-refractivity contribution in [1.29, 1.82) is 0 Å². The van der Waals surface area contributed by atoms with Crippen molar-refractivity contribution in [2.75, 3.05) is 7.11 Å². The maximum absolute atomic E-state index is 12.6. The Balaban J connectivity index is 2.01. The molecule has 96 valence electrons. The van der Waals surface area contributed by atoms with E-state index >= 15 is 0 Å². The summed E-state index contributed by atoms with van der Waals surface area (Å²) in [5.41, 5.74) is 2.89. The molecule has 19 heavy (non-hydrogen) atoms. The first-order chi connectivity index (χ1) is 9.31. The second-order valence-corrected chi connectivity index (χ2v) is 4.72. The molecule has 0 N–H and O–H groups in total.